The first-order valence-corrected chi connectivity index (χ1v) is 9.27. The van der Waals surface area contributed by atoms with Crippen molar-refractivity contribution < 1.29 is 14.6 Å². The van der Waals surface area contributed by atoms with Gasteiger partial charge in [-0.1, -0.05) is 29.3 Å². The topological polar surface area (TPSA) is 84.3 Å². The Morgan fingerprint density at radius 2 is 2.12 bits per heavy atom. The third-order valence-electron chi connectivity index (χ3n) is 3.65. The second-order valence-electron chi connectivity index (χ2n) is 5.47. The van der Waals surface area contributed by atoms with E-state index in [1.165, 1.54) is 11.3 Å². The monoisotopic (exact) mass is 411 g/mol. The standard InChI is InChI=1S/C17H15Cl2N3O3S/c1-25-12-3-2-9(6-11(12)18)8-20-16-10-7-13(19)26-17(10)22-14(21-16)4-5-15(23)24/h2-3,6-7H,4-5,8H2,1H3,(H,23,24)(H,20,21,22). The second kappa shape index (κ2) is 8.07. The van der Waals surface area contributed by atoms with E-state index < -0.39 is 5.97 Å². The molecule has 6 nitrogen and oxygen atoms in total. The molecule has 3 rings (SSSR count). The molecule has 0 aliphatic carbocycles. The van der Waals surface area contributed by atoms with Crippen molar-refractivity contribution >= 4 is 56.5 Å². The zero-order chi connectivity index (χ0) is 18.7. The maximum absolute atomic E-state index is 10.8. The molecule has 0 saturated heterocycles. The lowest BCUT2D eigenvalue weighted by Crippen LogP contribution is -2.06. The maximum Gasteiger partial charge on any atom is 0.303 e. The molecule has 0 amide bonds. The van der Waals surface area contributed by atoms with Crippen LogP contribution in [0.5, 0.6) is 5.75 Å². The number of carbonyl (C=O) groups is 1. The second-order valence-corrected chi connectivity index (χ2v) is 7.54. The average Bonchev–Trinajstić information content (AvgIpc) is 2.98. The van der Waals surface area contributed by atoms with Crippen molar-refractivity contribution in [2.24, 2.45) is 0 Å². The van der Waals surface area contributed by atoms with Gasteiger partial charge in [-0.3, -0.25) is 4.79 Å². The number of nitrogens with one attached hydrogen (secondary N) is 1. The number of rotatable bonds is 7. The molecule has 0 saturated carbocycles. The summed E-state index contributed by atoms with van der Waals surface area (Å²) >= 11 is 13.6. The Balaban J connectivity index is 1.85. The lowest BCUT2D eigenvalue weighted by molar-refractivity contribution is -0.137. The highest BCUT2D eigenvalue weighted by Crippen LogP contribution is 2.32. The number of hydrogen-bond acceptors (Lipinski definition) is 6. The average molecular weight is 412 g/mol. The number of benzene rings is 1. The number of hydrogen-bond donors (Lipinski definition) is 2. The van der Waals surface area contributed by atoms with Gasteiger partial charge < -0.3 is 15.2 Å². The van der Waals surface area contributed by atoms with E-state index in [1.54, 1.807) is 19.2 Å². The van der Waals surface area contributed by atoms with E-state index in [0.717, 1.165) is 15.8 Å². The Bertz CT molecular complexity index is 962. The van der Waals surface area contributed by atoms with E-state index in [-0.39, 0.29) is 12.8 Å². The number of aryl methyl sites for hydroxylation is 1. The number of halogens is 2. The fourth-order valence-electron chi connectivity index (χ4n) is 2.41. The Hall–Kier alpha value is -2.09. The molecule has 0 radical (unpaired) electrons. The number of anilines is 1. The number of aromatic nitrogens is 2. The summed E-state index contributed by atoms with van der Waals surface area (Å²) in [6.07, 6.45) is 0.224. The van der Waals surface area contributed by atoms with Gasteiger partial charge in [0.2, 0.25) is 0 Å². The van der Waals surface area contributed by atoms with Crippen molar-refractivity contribution in [3.63, 3.8) is 0 Å². The Kier molecular flexibility index (Phi) is 5.80. The largest absolute Gasteiger partial charge is 0.495 e. The number of carboxylic acid groups (broad SMARTS) is 1. The van der Waals surface area contributed by atoms with E-state index in [0.29, 0.717) is 33.3 Å². The van der Waals surface area contributed by atoms with Gasteiger partial charge in [0, 0.05) is 13.0 Å². The molecule has 0 fully saturated rings. The van der Waals surface area contributed by atoms with Gasteiger partial charge in [-0.2, -0.15) is 0 Å². The van der Waals surface area contributed by atoms with Gasteiger partial charge in [0.15, 0.2) is 0 Å². The van der Waals surface area contributed by atoms with Gasteiger partial charge in [0.05, 0.1) is 28.3 Å². The van der Waals surface area contributed by atoms with E-state index in [9.17, 15) is 4.79 Å². The van der Waals surface area contributed by atoms with Crippen LogP contribution in [-0.2, 0) is 17.8 Å². The summed E-state index contributed by atoms with van der Waals surface area (Å²) in [4.78, 5) is 20.4. The van der Waals surface area contributed by atoms with Crippen molar-refractivity contribution in [1.29, 1.82) is 0 Å². The quantitative estimate of drug-likeness (QED) is 0.589. The van der Waals surface area contributed by atoms with Gasteiger partial charge in [-0.15, -0.1) is 11.3 Å². The molecule has 2 aromatic heterocycles. The highest BCUT2D eigenvalue weighted by Gasteiger charge is 2.12. The summed E-state index contributed by atoms with van der Waals surface area (Å²) in [5.41, 5.74) is 0.955. The van der Waals surface area contributed by atoms with E-state index in [4.69, 9.17) is 33.0 Å². The Labute approximate surface area is 163 Å². The number of thiophene rings is 1. The van der Waals surface area contributed by atoms with Crippen molar-refractivity contribution in [1.82, 2.24) is 9.97 Å². The molecule has 0 spiro atoms. The molecule has 9 heteroatoms. The van der Waals surface area contributed by atoms with Crippen LogP contribution >= 0.6 is 34.5 Å². The molecule has 0 unspecified atom stereocenters. The third kappa shape index (κ3) is 4.35. The molecule has 0 aliphatic rings. The minimum absolute atomic E-state index is 0.0296. The molecule has 0 aliphatic heterocycles. The molecule has 1 aromatic carbocycles. The number of ether oxygens (including phenoxy) is 1. The van der Waals surface area contributed by atoms with Gasteiger partial charge >= 0.3 is 5.97 Å². The highest BCUT2D eigenvalue weighted by atomic mass is 35.5. The Morgan fingerprint density at radius 3 is 2.81 bits per heavy atom. The van der Waals surface area contributed by atoms with Gasteiger partial charge in [0.25, 0.3) is 0 Å². The minimum atomic E-state index is -0.889. The molecule has 0 atom stereocenters. The summed E-state index contributed by atoms with van der Waals surface area (Å²) in [6.45, 7) is 0.488. The zero-order valence-electron chi connectivity index (χ0n) is 13.8. The van der Waals surface area contributed by atoms with Crippen LogP contribution in [0.15, 0.2) is 24.3 Å². The summed E-state index contributed by atoms with van der Waals surface area (Å²) in [6, 6.07) is 7.32. The van der Waals surface area contributed by atoms with Gasteiger partial charge in [0.1, 0.15) is 22.2 Å². The van der Waals surface area contributed by atoms with Crippen LogP contribution in [0.4, 0.5) is 5.82 Å². The Morgan fingerprint density at radius 1 is 1.31 bits per heavy atom. The third-order valence-corrected chi connectivity index (χ3v) is 5.10. The van der Waals surface area contributed by atoms with Crippen molar-refractivity contribution in [2.75, 3.05) is 12.4 Å². The summed E-state index contributed by atoms with van der Waals surface area (Å²) in [5.74, 6) is 0.805. The molecule has 3 aromatic rings. The fourth-order valence-corrected chi connectivity index (χ4v) is 3.79. The zero-order valence-corrected chi connectivity index (χ0v) is 16.1. The molecule has 0 bridgehead atoms. The van der Waals surface area contributed by atoms with E-state index in [1.807, 2.05) is 12.1 Å². The number of carboxylic acids is 1. The highest BCUT2D eigenvalue weighted by molar-refractivity contribution is 7.22. The maximum atomic E-state index is 10.8. The number of aliphatic carboxylic acids is 1. The van der Waals surface area contributed by atoms with E-state index in [2.05, 4.69) is 15.3 Å². The lowest BCUT2D eigenvalue weighted by atomic mass is 10.2. The normalized spacial score (nSPS) is 10.9. The molecule has 2 heterocycles. The van der Waals surface area contributed by atoms with Crippen LogP contribution < -0.4 is 10.1 Å². The first-order valence-electron chi connectivity index (χ1n) is 7.70. The van der Waals surface area contributed by atoms with Gasteiger partial charge in [-0.25, -0.2) is 9.97 Å². The van der Waals surface area contributed by atoms with Crippen LogP contribution in [-0.4, -0.2) is 28.2 Å². The van der Waals surface area contributed by atoms with Crippen LogP contribution in [0, 0.1) is 0 Å². The number of methoxy groups -OCH3 is 1. The van der Waals surface area contributed by atoms with E-state index >= 15 is 0 Å². The van der Waals surface area contributed by atoms with Crippen LogP contribution in [0.25, 0.3) is 10.2 Å². The van der Waals surface area contributed by atoms with Crippen molar-refractivity contribution in [3.8, 4) is 5.75 Å². The smallest absolute Gasteiger partial charge is 0.303 e. The summed E-state index contributed by atoms with van der Waals surface area (Å²) in [5, 5.41) is 13.5. The van der Waals surface area contributed by atoms with Crippen LogP contribution in [0.2, 0.25) is 9.36 Å². The fraction of sp³-hybridized carbons (Fsp3) is 0.235. The minimum Gasteiger partial charge on any atom is -0.495 e. The number of nitrogens with zero attached hydrogens (tertiary/aromatic N) is 2. The molecule has 26 heavy (non-hydrogen) atoms. The molecular formula is C17H15Cl2N3O3S. The molecular weight excluding hydrogens is 397 g/mol. The first kappa shape index (κ1) is 18.7. The summed E-state index contributed by atoms with van der Waals surface area (Å²) < 4.78 is 5.75. The molecule has 2 N–H and O–H groups in total. The molecule has 136 valence electrons. The lowest BCUT2D eigenvalue weighted by Gasteiger charge is -2.10. The van der Waals surface area contributed by atoms with Crippen molar-refractivity contribution in [2.45, 2.75) is 19.4 Å². The first-order chi connectivity index (χ1) is 12.5. The predicted molar refractivity (Wildman–Crippen MR) is 104 cm³/mol. The SMILES string of the molecule is COc1ccc(CNc2nc(CCC(=O)O)nc3sc(Cl)cc23)cc1Cl. The predicted octanol–water partition coefficient (Wildman–Crippen LogP) is 4.64. The van der Waals surface area contributed by atoms with Crippen molar-refractivity contribution in [3.05, 3.63) is 45.0 Å². The van der Waals surface area contributed by atoms with Crippen LogP contribution in [0.1, 0.15) is 17.8 Å². The van der Waals surface area contributed by atoms with Crippen LogP contribution in [0.3, 0.4) is 0 Å². The number of fused-ring (bicyclic) bond motifs is 1. The van der Waals surface area contributed by atoms with Gasteiger partial charge in [-0.05, 0) is 23.8 Å². The summed E-state index contributed by atoms with van der Waals surface area (Å²) in [7, 11) is 1.57.